The number of amides is 1. The van der Waals surface area contributed by atoms with E-state index in [0.717, 1.165) is 43.9 Å². The minimum atomic E-state index is -0.403. The number of esters is 1. The normalized spacial score (nSPS) is 15.4. The van der Waals surface area contributed by atoms with Gasteiger partial charge < -0.3 is 24.3 Å². The van der Waals surface area contributed by atoms with Crippen LogP contribution in [0.25, 0.3) is 10.9 Å². The molecule has 1 aliphatic heterocycles. The van der Waals surface area contributed by atoms with Crippen molar-refractivity contribution in [2.24, 2.45) is 7.05 Å². The Hall–Kier alpha value is -2.58. The van der Waals surface area contributed by atoms with Crippen LogP contribution in [-0.2, 0) is 16.6 Å². The van der Waals surface area contributed by atoms with Gasteiger partial charge in [0.2, 0.25) is 5.91 Å². The van der Waals surface area contributed by atoms with Crippen LogP contribution in [-0.4, -0.2) is 79.2 Å². The molecule has 1 aromatic carbocycles. The first kappa shape index (κ1) is 22.1. The summed E-state index contributed by atoms with van der Waals surface area (Å²) in [5.41, 5.74) is 2.59. The number of aromatic nitrogens is 1. The fraction of sp³-hybridized carbons (Fsp3) is 0.545. The zero-order chi connectivity index (χ0) is 21.8. The van der Waals surface area contributed by atoms with Gasteiger partial charge in [0, 0.05) is 44.3 Å². The molecule has 1 aromatic heterocycles. The number of anilines is 1. The van der Waals surface area contributed by atoms with Gasteiger partial charge in [-0.05, 0) is 32.5 Å². The van der Waals surface area contributed by atoms with Gasteiger partial charge >= 0.3 is 5.97 Å². The number of hydrogen-bond donors (Lipinski definition) is 1. The molecule has 3 rings (SSSR count). The summed E-state index contributed by atoms with van der Waals surface area (Å²) in [6.07, 6.45) is 0. The molecule has 8 heteroatoms. The van der Waals surface area contributed by atoms with E-state index >= 15 is 0 Å². The van der Waals surface area contributed by atoms with E-state index in [0.29, 0.717) is 28.9 Å². The number of nitrogens with one attached hydrogen (secondary N) is 1. The van der Waals surface area contributed by atoms with Crippen molar-refractivity contribution in [1.82, 2.24) is 14.4 Å². The summed E-state index contributed by atoms with van der Waals surface area (Å²) in [5.74, 6) is -0.00935. The van der Waals surface area contributed by atoms with Crippen LogP contribution in [0, 0.1) is 6.92 Å². The average Bonchev–Trinajstić information content (AvgIpc) is 3.00. The zero-order valence-electron chi connectivity index (χ0n) is 18.6. The molecule has 8 nitrogen and oxygen atoms in total. The van der Waals surface area contributed by atoms with Gasteiger partial charge in [-0.3, -0.25) is 9.69 Å². The number of carbonyl (C=O) groups is 2. The molecule has 0 radical (unpaired) electrons. The van der Waals surface area contributed by atoms with Gasteiger partial charge in [0.05, 0.1) is 37.0 Å². The molecule has 164 valence electrons. The Morgan fingerprint density at radius 2 is 1.77 bits per heavy atom. The summed E-state index contributed by atoms with van der Waals surface area (Å²) in [5, 5.41) is 3.66. The van der Waals surface area contributed by atoms with E-state index in [1.54, 1.807) is 14.0 Å². The second kappa shape index (κ2) is 9.49. The van der Waals surface area contributed by atoms with Gasteiger partial charge in [-0.2, -0.15) is 0 Å². The minimum Gasteiger partial charge on any atom is -0.495 e. The van der Waals surface area contributed by atoms with Crippen LogP contribution in [0.3, 0.4) is 0 Å². The van der Waals surface area contributed by atoms with E-state index < -0.39 is 5.97 Å². The number of carbonyl (C=O) groups excluding carboxylic acids is 2. The van der Waals surface area contributed by atoms with Crippen molar-refractivity contribution in [3.8, 4) is 5.75 Å². The topological polar surface area (TPSA) is 76.0 Å². The molecule has 0 saturated carbocycles. The summed E-state index contributed by atoms with van der Waals surface area (Å²) in [6.45, 7) is 11.1. The number of rotatable bonds is 7. The SMILES string of the molecule is CCOC(=O)c1c(C)n(C)c2ccc(OC)c(NC(=O)CN3CCN(CC)CC3)c12. The van der Waals surface area contributed by atoms with Crippen molar-refractivity contribution in [2.75, 3.05) is 58.3 Å². The highest BCUT2D eigenvalue weighted by Crippen LogP contribution is 2.38. The van der Waals surface area contributed by atoms with Gasteiger partial charge in [-0.1, -0.05) is 6.92 Å². The summed E-state index contributed by atoms with van der Waals surface area (Å²) in [4.78, 5) is 30.1. The van der Waals surface area contributed by atoms with Crippen LogP contribution in [0.15, 0.2) is 12.1 Å². The molecule has 1 amide bonds. The number of ether oxygens (including phenoxy) is 2. The summed E-state index contributed by atoms with van der Waals surface area (Å²) in [6, 6.07) is 3.70. The van der Waals surface area contributed by atoms with E-state index in [-0.39, 0.29) is 12.5 Å². The number of aryl methyl sites for hydroxylation is 1. The molecule has 2 heterocycles. The Labute approximate surface area is 177 Å². The highest BCUT2D eigenvalue weighted by atomic mass is 16.5. The van der Waals surface area contributed by atoms with E-state index in [4.69, 9.17) is 9.47 Å². The average molecular weight is 417 g/mol. The smallest absolute Gasteiger partial charge is 0.340 e. The summed E-state index contributed by atoms with van der Waals surface area (Å²) < 4.78 is 12.7. The van der Waals surface area contributed by atoms with Crippen molar-refractivity contribution in [1.29, 1.82) is 0 Å². The Balaban J connectivity index is 1.93. The van der Waals surface area contributed by atoms with Gasteiger partial charge in [-0.25, -0.2) is 4.79 Å². The molecule has 1 saturated heterocycles. The number of hydrogen-bond acceptors (Lipinski definition) is 6. The predicted octanol–water partition coefficient (Wildman–Crippen LogP) is 2.25. The molecule has 0 unspecified atom stereocenters. The number of nitrogens with zero attached hydrogens (tertiary/aromatic N) is 3. The minimum absolute atomic E-state index is 0.123. The lowest BCUT2D eigenvalue weighted by molar-refractivity contribution is -0.117. The monoisotopic (exact) mass is 416 g/mol. The van der Waals surface area contributed by atoms with Crippen molar-refractivity contribution in [3.05, 3.63) is 23.4 Å². The van der Waals surface area contributed by atoms with Gasteiger partial charge in [0.15, 0.2) is 0 Å². The van der Waals surface area contributed by atoms with E-state index in [9.17, 15) is 9.59 Å². The lowest BCUT2D eigenvalue weighted by atomic mass is 10.1. The van der Waals surface area contributed by atoms with Gasteiger partial charge in [0.1, 0.15) is 5.75 Å². The number of methoxy groups -OCH3 is 1. The molecule has 2 aromatic rings. The van der Waals surface area contributed by atoms with Crippen LogP contribution in [0.4, 0.5) is 5.69 Å². The highest BCUT2D eigenvalue weighted by Gasteiger charge is 2.26. The Bertz CT molecular complexity index is 929. The van der Waals surface area contributed by atoms with Gasteiger partial charge in [-0.15, -0.1) is 0 Å². The molecule has 1 fully saturated rings. The van der Waals surface area contributed by atoms with E-state index in [1.165, 1.54) is 0 Å². The first-order valence-electron chi connectivity index (χ1n) is 10.5. The number of likely N-dealkylation sites (N-methyl/N-ethyl adjacent to an activating group) is 1. The second-order valence-corrected chi connectivity index (χ2v) is 7.54. The molecule has 30 heavy (non-hydrogen) atoms. The highest BCUT2D eigenvalue weighted by molar-refractivity contribution is 6.14. The third kappa shape index (κ3) is 4.29. The van der Waals surface area contributed by atoms with Crippen LogP contribution in [0.2, 0.25) is 0 Å². The Morgan fingerprint density at radius 3 is 2.37 bits per heavy atom. The zero-order valence-corrected chi connectivity index (χ0v) is 18.6. The third-order valence-corrected chi connectivity index (χ3v) is 5.86. The molecular weight excluding hydrogens is 384 g/mol. The molecule has 1 N–H and O–H groups in total. The van der Waals surface area contributed by atoms with Crippen LogP contribution in [0.5, 0.6) is 5.75 Å². The van der Waals surface area contributed by atoms with Crippen LogP contribution in [0.1, 0.15) is 29.9 Å². The number of benzene rings is 1. The van der Waals surface area contributed by atoms with Crippen LogP contribution < -0.4 is 10.1 Å². The van der Waals surface area contributed by atoms with Crippen LogP contribution >= 0.6 is 0 Å². The first-order chi connectivity index (χ1) is 14.4. The van der Waals surface area contributed by atoms with Crippen molar-refractivity contribution >= 4 is 28.5 Å². The fourth-order valence-corrected chi connectivity index (χ4v) is 4.03. The van der Waals surface area contributed by atoms with E-state index in [2.05, 4.69) is 22.0 Å². The molecular formula is C22H32N4O4. The molecule has 0 bridgehead atoms. The van der Waals surface area contributed by atoms with Crippen molar-refractivity contribution < 1.29 is 19.1 Å². The standard InChI is InChI=1S/C22H32N4O4/c1-6-25-10-12-26(13-11-25)14-18(27)23-21-17(29-5)9-8-16-20(21)19(15(3)24(16)4)22(28)30-7-2/h8-9H,6-7,10-14H2,1-5H3,(H,23,27). The van der Waals surface area contributed by atoms with Gasteiger partial charge in [0.25, 0.3) is 0 Å². The predicted molar refractivity (Wildman–Crippen MR) is 117 cm³/mol. The first-order valence-corrected chi connectivity index (χ1v) is 10.5. The fourth-order valence-electron chi connectivity index (χ4n) is 4.03. The molecule has 1 aliphatic rings. The lowest BCUT2D eigenvalue weighted by Crippen LogP contribution is -2.48. The number of piperazine rings is 1. The quantitative estimate of drug-likeness (QED) is 0.698. The molecule has 0 spiro atoms. The summed E-state index contributed by atoms with van der Waals surface area (Å²) in [7, 11) is 3.45. The van der Waals surface area contributed by atoms with Crippen molar-refractivity contribution in [2.45, 2.75) is 20.8 Å². The second-order valence-electron chi connectivity index (χ2n) is 7.54. The number of fused-ring (bicyclic) bond motifs is 1. The Kier molecular flexibility index (Phi) is 6.99. The lowest BCUT2D eigenvalue weighted by Gasteiger charge is -2.33. The maximum Gasteiger partial charge on any atom is 0.340 e. The third-order valence-electron chi connectivity index (χ3n) is 5.86. The van der Waals surface area contributed by atoms with Crippen molar-refractivity contribution in [3.63, 3.8) is 0 Å². The Morgan fingerprint density at radius 1 is 1.10 bits per heavy atom. The summed E-state index contributed by atoms with van der Waals surface area (Å²) >= 11 is 0. The van der Waals surface area contributed by atoms with E-state index in [1.807, 2.05) is 30.7 Å². The molecule has 0 atom stereocenters. The molecule has 0 aliphatic carbocycles. The maximum absolute atomic E-state index is 12.9. The largest absolute Gasteiger partial charge is 0.495 e. The maximum atomic E-state index is 12.9.